The van der Waals surface area contributed by atoms with E-state index >= 15 is 0 Å². The molecular weight excluding hydrogens is 305 g/mol. The maximum Gasteiger partial charge on any atom is -0.000472 e. The molecule has 0 fully saturated rings. The number of halogens is 1. The summed E-state index contributed by atoms with van der Waals surface area (Å²) in [5.41, 5.74) is 1.47. The molecular formula is C11H18INS. The maximum absolute atomic E-state index is 3.48. The molecule has 0 saturated heterocycles. The van der Waals surface area contributed by atoms with Gasteiger partial charge in [0.15, 0.2) is 0 Å². The zero-order valence-electron chi connectivity index (χ0n) is 8.47. The van der Waals surface area contributed by atoms with E-state index in [-0.39, 0.29) is 0 Å². The van der Waals surface area contributed by atoms with Crippen molar-refractivity contribution in [3.05, 3.63) is 22.4 Å². The third-order valence-corrected chi connectivity index (χ3v) is 3.65. The van der Waals surface area contributed by atoms with Gasteiger partial charge < -0.3 is 5.32 Å². The van der Waals surface area contributed by atoms with Crippen molar-refractivity contribution in [1.82, 2.24) is 5.32 Å². The fourth-order valence-corrected chi connectivity index (χ4v) is 2.56. The van der Waals surface area contributed by atoms with E-state index in [9.17, 15) is 0 Å². The van der Waals surface area contributed by atoms with Gasteiger partial charge in [0.05, 0.1) is 0 Å². The van der Waals surface area contributed by atoms with Crippen molar-refractivity contribution < 1.29 is 0 Å². The third kappa shape index (κ3) is 5.98. The summed E-state index contributed by atoms with van der Waals surface area (Å²) < 4.78 is 1.30. The summed E-state index contributed by atoms with van der Waals surface area (Å²) in [6.45, 7) is 2.31. The molecule has 0 bridgehead atoms. The molecule has 0 aliphatic carbocycles. The minimum absolute atomic E-state index is 1.13. The molecule has 1 heterocycles. The summed E-state index contributed by atoms with van der Waals surface area (Å²) in [5.74, 6) is 0. The van der Waals surface area contributed by atoms with Crippen molar-refractivity contribution in [1.29, 1.82) is 0 Å². The number of rotatable bonds is 8. The van der Waals surface area contributed by atoms with Gasteiger partial charge in [-0.1, -0.05) is 29.0 Å². The van der Waals surface area contributed by atoms with Crippen LogP contribution in [-0.2, 0) is 6.42 Å². The predicted octanol–water partition coefficient (Wildman–Crippen LogP) is 3.49. The molecule has 0 aliphatic heterocycles. The number of thiophene rings is 1. The van der Waals surface area contributed by atoms with Gasteiger partial charge >= 0.3 is 0 Å². The fourth-order valence-electron chi connectivity index (χ4n) is 1.31. The first-order valence-corrected chi connectivity index (χ1v) is 7.68. The smallest absolute Gasteiger partial charge is 0.000472 e. The predicted molar refractivity (Wildman–Crippen MR) is 73.6 cm³/mol. The lowest BCUT2D eigenvalue weighted by molar-refractivity contribution is 0.620. The Kier molecular flexibility index (Phi) is 7.72. The topological polar surface area (TPSA) is 12.0 Å². The van der Waals surface area contributed by atoms with E-state index in [4.69, 9.17) is 0 Å². The first-order chi connectivity index (χ1) is 6.93. The van der Waals surface area contributed by atoms with Crippen molar-refractivity contribution in [2.24, 2.45) is 0 Å². The van der Waals surface area contributed by atoms with E-state index in [1.807, 2.05) is 0 Å². The molecule has 0 aromatic carbocycles. The third-order valence-electron chi connectivity index (χ3n) is 2.16. The molecule has 1 aromatic heterocycles. The Labute approximate surface area is 104 Å². The summed E-state index contributed by atoms with van der Waals surface area (Å²) in [6.07, 6.45) is 5.24. The standard InChI is InChI=1S/C11H18INS/c12-6-2-1-3-7-13-8-4-11-5-9-14-10-11/h5,9-10,13H,1-4,6-8H2. The van der Waals surface area contributed by atoms with Crippen LogP contribution in [0.5, 0.6) is 0 Å². The average molecular weight is 323 g/mol. The van der Waals surface area contributed by atoms with E-state index in [2.05, 4.69) is 44.7 Å². The molecule has 1 rings (SSSR count). The second-order valence-corrected chi connectivity index (χ2v) is 5.24. The highest BCUT2D eigenvalue weighted by atomic mass is 127. The molecule has 0 radical (unpaired) electrons. The number of unbranched alkanes of at least 4 members (excludes halogenated alkanes) is 2. The number of hydrogen-bond donors (Lipinski definition) is 1. The summed E-state index contributed by atoms with van der Waals surface area (Å²) in [6, 6.07) is 2.21. The van der Waals surface area contributed by atoms with Crippen LogP contribution in [0.1, 0.15) is 24.8 Å². The molecule has 1 nitrogen and oxygen atoms in total. The van der Waals surface area contributed by atoms with Crippen LogP contribution in [0.4, 0.5) is 0 Å². The summed E-state index contributed by atoms with van der Waals surface area (Å²) in [7, 11) is 0. The van der Waals surface area contributed by atoms with Crippen molar-refractivity contribution in [3.8, 4) is 0 Å². The highest BCUT2D eigenvalue weighted by Gasteiger charge is 1.92. The lowest BCUT2D eigenvalue weighted by Crippen LogP contribution is -2.18. The first kappa shape index (κ1) is 12.5. The molecule has 3 heteroatoms. The molecule has 0 aliphatic rings. The molecule has 1 aromatic rings. The molecule has 0 unspecified atom stereocenters. The lowest BCUT2D eigenvalue weighted by atomic mass is 10.2. The Morgan fingerprint density at radius 1 is 1.21 bits per heavy atom. The quantitative estimate of drug-likeness (QED) is 0.439. The molecule has 0 amide bonds. The van der Waals surface area contributed by atoms with Crippen LogP contribution in [0, 0.1) is 0 Å². The molecule has 80 valence electrons. The van der Waals surface area contributed by atoms with Gasteiger partial charge in [0.2, 0.25) is 0 Å². The SMILES string of the molecule is ICCCCCNCCc1ccsc1. The van der Waals surface area contributed by atoms with Gasteiger partial charge in [-0.05, 0) is 59.2 Å². The maximum atomic E-state index is 3.48. The van der Waals surface area contributed by atoms with E-state index in [0.29, 0.717) is 0 Å². The van der Waals surface area contributed by atoms with Crippen LogP contribution < -0.4 is 5.32 Å². The Hall–Kier alpha value is 0.390. The molecule has 1 N–H and O–H groups in total. The van der Waals surface area contributed by atoms with Gasteiger partial charge in [-0.3, -0.25) is 0 Å². The largest absolute Gasteiger partial charge is 0.316 e. The van der Waals surface area contributed by atoms with Crippen molar-refractivity contribution in [2.45, 2.75) is 25.7 Å². The lowest BCUT2D eigenvalue weighted by Gasteiger charge is -2.02. The molecule has 0 spiro atoms. The second kappa shape index (κ2) is 8.68. The summed E-state index contributed by atoms with van der Waals surface area (Å²) in [4.78, 5) is 0. The van der Waals surface area contributed by atoms with Gasteiger partial charge in [-0.2, -0.15) is 11.3 Å². The Morgan fingerprint density at radius 3 is 2.86 bits per heavy atom. The minimum atomic E-state index is 1.13. The van der Waals surface area contributed by atoms with E-state index in [0.717, 1.165) is 6.54 Å². The average Bonchev–Trinajstić information content (AvgIpc) is 2.69. The summed E-state index contributed by atoms with van der Waals surface area (Å²) >= 11 is 4.23. The van der Waals surface area contributed by atoms with Gasteiger partial charge in [0.1, 0.15) is 0 Å². The summed E-state index contributed by atoms with van der Waals surface area (Å²) in [5, 5.41) is 7.87. The van der Waals surface area contributed by atoms with E-state index in [1.54, 1.807) is 11.3 Å². The van der Waals surface area contributed by atoms with Crippen LogP contribution in [0.25, 0.3) is 0 Å². The van der Waals surface area contributed by atoms with Crippen LogP contribution in [0.2, 0.25) is 0 Å². The molecule has 0 atom stereocenters. The van der Waals surface area contributed by atoms with Crippen molar-refractivity contribution in [3.63, 3.8) is 0 Å². The molecule has 0 saturated carbocycles. The number of nitrogens with one attached hydrogen (secondary N) is 1. The van der Waals surface area contributed by atoms with Gasteiger partial charge in [-0.25, -0.2) is 0 Å². The highest BCUT2D eigenvalue weighted by Crippen LogP contribution is 2.05. The second-order valence-electron chi connectivity index (χ2n) is 3.38. The minimum Gasteiger partial charge on any atom is -0.316 e. The van der Waals surface area contributed by atoms with E-state index in [1.165, 1.54) is 42.2 Å². The van der Waals surface area contributed by atoms with Gasteiger partial charge in [0, 0.05) is 0 Å². The van der Waals surface area contributed by atoms with Crippen molar-refractivity contribution >= 4 is 33.9 Å². The zero-order valence-corrected chi connectivity index (χ0v) is 11.4. The Balaban J connectivity index is 1.85. The van der Waals surface area contributed by atoms with Crippen LogP contribution in [0.3, 0.4) is 0 Å². The van der Waals surface area contributed by atoms with Gasteiger partial charge in [-0.15, -0.1) is 0 Å². The number of alkyl halides is 1. The highest BCUT2D eigenvalue weighted by molar-refractivity contribution is 14.1. The Bertz CT molecular complexity index is 211. The fraction of sp³-hybridized carbons (Fsp3) is 0.636. The normalized spacial score (nSPS) is 10.6. The zero-order chi connectivity index (χ0) is 10.1. The Morgan fingerprint density at radius 2 is 2.14 bits per heavy atom. The monoisotopic (exact) mass is 323 g/mol. The van der Waals surface area contributed by atoms with Crippen LogP contribution >= 0.6 is 33.9 Å². The molecule has 14 heavy (non-hydrogen) atoms. The van der Waals surface area contributed by atoms with Gasteiger partial charge in [0.25, 0.3) is 0 Å². The first-order valence-electron chi connectivity index (χ1n) is 5.21. The van der Waals surface area contributed by atoms with Crippen LogP contribution in [0.15, 0.2) is 16.8 Å². The van der Waals surface area contributed by atoms with Crippen LogP contribution in [-0.4, -0.2) is 17.5 Å². The van der Waals surface area contributed by atoms with E-state index < -0.39 is 0 Å². The van der Waals surface area contributed by atoms with Crippen molar-refractivity contribution in [2.75, 3.05) is 17.5 Å². The number of hydrogen-bond acceptors (Lipinski definition) is 2.